The van der Waals surface area contributed by atoms with Gasteiger partial charge in [-0.3, -0.25) is 10.00 Å². The number of pyridine rings is 1. The van der Waals surface area contributed by atoms with Crippen LogP contribution in [0.2, 0.25) is 0 Å². The molecule has 0 radical (unpaired) electrons. The summed E-state index contributed by atoms with van der Waals surface area (Å²) in [5.74, 6) is 0.588. The number of anilines is 2. The molecule has 0 aromatic carbocycles. The van der Waals surface area contributed by atoms with Gasteiger partial charge < -0.3 is 10.2 Å². The highest BCUT2D eigenvalue weighted by Gasteiger charge is 2.22. The van der Waals surface area contributed by atoms with Crippen molar-refractivity contribution in [2.75, 3.05) is 23.3 Å². The molecule has 7 nitrogen and oxygen atoms in total. The minimum atomic E-state index is -0.203. The van der Waals surface area contributed by atoms with Crippen LogP contribution >= 0.6 is 0 Å². The Balaban J connectivity index is 1.57. The summed E-state index contributed by atoms with van der Waals surface area (Å²) in [5.41, 5.74) is 3.07. The van der Waals surface area contributed by atoms with Crippen molar-refractivity contribution in [3.8, 4) is 0 Å². The van der Waals surface area contributed by atoms with Crippen molar-refractivity contribution in [3.63, 3.8) is 0 Å². The van der Waals surface area contributed by atoms with Gasteiger partial charge in [0, 0.05) is 38.1 Å². The van der Waals surface area contributed by atoms with Crippen LogP contribution in [0.1, 0.15) is 24.1 Å². The number of nitrogens with one attached hydrogen (secondary N) is 2. The number of rotatable bonds is 3. The molecule has 0 saturated carbocycles. The largest absolute Gasteiger partial charge is 0.367 e. The SMILES string of the molecule is Cc1cc(C)nc(NC(=O)NC2CCCN(c3cnn(C)c3)C2)c1. The van der Waals surface area contributed by atoms with Gasteiger partial charge in [-0.25, -0.2) is 9.78 Å². The molecule has 2 aromatic heterocycles. The minimum absolute atomic E-state index is 0.116. The topological polar surface area (TPSA) is 75.1 Å². The molecule has 7 heteroatoms. The van der Waals surface area contributed by atoms with Crippen LogP contribution in [0.15, 0.2) is 24.5 Å². The third-order valence-electron chi connectivity index (χ3n) is 4.15. The first-order valence-corrected chi connectivity index (χ1v) is 8.26. The van der Waals surface area contributed by atoms with Gasteiger partial charge in [-0.2, -0.15) is 5.10 Å². The molecule has 0 spiro atoms. The van der Waals surface area contributed by atoms with E-state index in [4.69, 9.17) is 0 Å². The highest BCUT2D eigenvalue weighted by atomic mass is 16.2. The number of carbonyl (C=O) groups is 1. The average molecular weight is 328 g/mol. The molecular formula is C17H24N6O. The zero-order chi connectivity index (χ0) is 17.1. The highest BCUT2D eigenvalue weighted by Crippen LogP contribution is 2.19. The minimum Gasteiger partial charge on any atom is -0.367 e. The van der Waals surface area contributed by atoms with Crippen LogP contribution in [0.3, 0.4) is 0 Å². The molecule has 1 aliphatic rings. The van der Waals surface area contributed by atoms with Gasteiger partial charge in [0.25, 0.3) is 0 Å². The van der Waals surface area contributed by atoms with E-state index in [0.717, 1.165) is 42.9 Å². The van der Waals surface area contributed by atoms with E-state index >= 15 is 0 Å². The van der Waals surface area contributed by atoms with Gasteiger partial charge in [0.15, 0.2) is 0 Å². The lowest BCUT2D eigenvalue weighted by molar-refractivity contribution is 0.246. The molecular weight excluding hydrogens is 304 g/mol. The van der Waals surface area contributed by atoms with Crippen molar-refractivity contribution < 1.29 is 4.79 Å². The van der Waals surface area contributed by atoms with Crippen molar-refractivity contribution in [2.24, 2.45) is 7.05 Å². The standard InChI is InChI=1S/C17H24N6O/c1-12-7-13(2)19-16(8-12)21-17(24)20-14-5-4-6-23(10-14)15-9-18-22(3)11-15/h7-9,11,14H,4-6,10H2,1-3H3,(H2,19,20,21,24). The Morgan fingerprint density at radius 3 is 2.88 bits per heavy atom. The molecule has 24 heavy (non-hydrogen) atoms. The van der Waals surface area contributed by atoms with Crippen molar-refractivity contribution in [2.45, 2.75) is 32.7 Å². The molecule has 3 heterocycles. The summed E-state index contributed by atoms with van der Waals surface area (Å²) in [6.45, 7) is 5.69. The predicted molar refractivity (Wildman–Crippen MR) is 94.3 cm³/mol. The summed E-state index contributed by atoms with van der Waals surface area (Å²) in [6.07, 6.45) is 5.88. The van der Waals surface area contributed by atoms with Gasteiger partial charge in [0.2, 0.25) is 0 Å². The molecule has 1 unspecified atom stereocenters. The summed E-state index contributed by atoms with van der Waals surface area (Å²) >= 11 is 0. The van der Waals surface area contributed by atoms with E-state index in [1.807, 2.05) is 45.4 Å². The zero-order valence-corrected chi connectivity index (χ0v) is 14.4. The Bertz CT molecular complexity index is 705. The van der Waals surface area contributed by atoms with Crippen molar-refractivity contribution in [1.82, 2.24) is 20.1 Å². The first-order chi connectivity index (χ1) is 11.5. The molecule has 1 fully saturated rings. The fraction of sp³-hybridized carbons (Fsp3) is 0.471. The summed E-state index contributed by atoms with van der Waals surface area (Å²) < 4.78 is 1.80. The maximum absolute atomic E-state index is 12.3. The van der Waals surface area contributed by atoms with E-state index in [0.29, 0.717) is 5.82 Å². The number of nitrogens with zero attached hydrogens (tertiary/aromatic N) is 4. The molecule has 3 rings (SSSR count). The van der Waals surface area contributed by atoms with Crippen LogP contribution in [0, 0.1) is 13.8 Å². The van der Waals surface area contributed by atoms with Crippen LogP contribution in [-0.4, -0.2) is 39.9 Å². The third-order valence-corrected chi connectivity index (χ3v) is 4.15. The predicted octanol–water partition coefficient (Wildman–Crippen LogP) is 2.22. The number of hydrogen-bond donors (Lipinski definition) is 2. The molecule has 0 aliphatic carbocycles. The zero-order valence-electron chi connectivity index (χ0n) is 14.4. The fourth-order valence-electron chi connectivity index (χ4n) is 3.14. The molecule has 2 aromatic rings. The van der Waals surface area contributed by atoms with Crippen LogP contribution in [0.25, 0.3) is 0 Å². The Labute approximate surface area is 142 Å². The van der Waals surface area contributed by atoms with Crippen LogP contribution in [0.5, 0.6) is 0 Å². The van der Waals surface area contributed by atoms with Gasteiger partial charge in [-0.1, -0.05) is 0 Å². The second kappa shape index (κ2) is 6.90. The molecule has 1 aliphatic heterocycles. The Morgan fingerprint density at radius 1 is 1.33 bits per heavy atom. The number of amides is 2. The molecule has 2 N–H and O–H groups in total. The quantitative estimate of drug-likeness (QED) is 0.906. The molecule has 2 amide bonds. The number of hydrogen-bond acceptors (Lipinski definition) is 4. The van der Waals surface area contributed by atoms with Crippen LogP contribution in [0.4, 0.5) is 16.3 Å². The number of urea groups is 1. The lowest BCUT2D eigenvalue weighted by Gasteiger charge is -2.33. The van der Waals surface area contributed by atoms with Gasteiger partial charge in [-0.15, -0.1) is 0 Å². The van der Waals surface area contributed by atoms with Crippen molar-refractivity contribution in [1.29, 1.82) is 0 Å². The molecule has 0 bridgehead atoms. The van der Waals surface area contributed by atoms with Gasteiger partial charge in [0.1, 0.15) is 5.82 Å². The summed E-state index contributed by atoms with van der Waals surface area (Å²) in [7, 11) is 1.91. The Hall–Kier alpha value is -2.57. The summed E-state index contributed by atoms with van der Waals surface area (Å²) in [5, 5.41) is 10.1. The number of aryl methyl sites for hydroxylation is 3. The summed E-state index contributed by atoms with van der Waals surface area (Å²) in [6, 6.07) is 3.76. The monoisotopic (exact) mass is 328 g/mol. The molecule has 1 atom stereocenters. The third kappa shape index (κ3) is 4.04. The van der Waals surface area contributed by atoms with Crippen molar-refractivity contribution in [3.05, 3.63) is 35.8 Å². The maximum Gasteiger partial charge on any atom is 0.320 e. The van der Waals surface area contributed by atoms with Gasteiger partial charge >= 0.3 is 6.03 Å². The first kappa shape index (κ1) is 16.3. The Morgan fingerprint density at radius 2 is 2.17 bits per heavy atom. The summed E-state index contributed by atoms with van der Waals surface area (Å²) in [4.78, 5) is 18.9. The first-order valence-electron chi connectivity index (χ1n) is 8.26. The van der Waals surface area contributed by atoms with Crippen LogP contribution in [-0.2, 0) is 7.05 Å². The van der Waals surface area contributed by atoms with Crippen LogP contribution < -0.4 is 15.5 Å². The number of aromatic nitrogens is 3. The number of piperidine rings is 1. The maximum atomic E-state index is 12.3. The normalized spacial score (nSPS) is 17.6. The lowest BCUT2D eigenvalue weighted by atomic mass is 10.1. The van der Waals surface area contributed by atoms with Crippen molar-refractivity contribution >= 4 is 17.5 Å². The van der Waals surface area contributed by atoms with E-state index in [9.17, 15) is 4.79 Å². The van der Waals surface area contributed by atoms with E-state index in [1.165, 1.54) is 0 Å². The van der Waals surface area contributed by atoms with Gasteiger partial charge in [0.05, 0.1) is 11.9 Å². The average Bonchev–Trinajstić information content (AvgIpc) is 2.93. The lowest BCUT2D eigenvalue weighted by Crippen LogP contribution is -2.49. The molecule has 1 saturated heterocycles. The van der Waals surface area contributed by atoms with E-state index in [1.54, 1.807) is 4.68 Å². The van der Waals surface area contributed by atoms with E-state index in [2.05, 4.69) is 25.6 Å². The molecule has 128 valence electrons. The Kier molecular flexibility index (Phi) is 4.69. The second-order valence-electron chi connectivity index (χ2n) is 6.43. The smallest absolute Gasteiger partial charge is 0.320 e. The van der Waals surface area contributed by atoms with E-state index < -0.39 is 0 Å². The second-order valence-corrected chi connectivity index (χ2v) is 6.43. The highest BCUT2D eigenvalue weighted by molar-refractivity contribution is 5.88. The fourth-order valence-corrected chi connectivity index (χ4v) is 3.14. The van der Waals surface area contributed by atoms with E-state index in [-0.39, 0.29) is 12.1 Å². The van der Waals surface area contributed by atoms with Gasteiger partial charge in [-0.05, 0) is 44.4 Å². The number of carbonyl (C=O) groups excluding carboxylic acids is 1.